The van der Waals surface area contributed by atoms with Gasteiger partial charge < -0.3 is 35.6 Å². The summed E-state index contributed by atoms with van der Waals surface area (Å²) in [4.78, 5) is 81.2. The van der Waals surface area contributed by atoms with Crippen molar-refractivity contribution in [2.45, 2.75) is 125 Å². The Bertz CT molecular complexity index is 1560. The van der Waals surface area contributed by atoms with Crippen LogP contribution in [0.25, 0.3) is 0 Å². The highest BCUT2D eigenvalue weighted by Gasteiger charge is 2.70. The van der Waals surface area contributed by atoms with Crippen molar-refractivity contribution in [1.29, 1.82) is 0 Å². The molecule has 1 aliphatic carbocycles. The molecule has 1 aromatic carbocycles. The summed E-state index contributed by atoms with van der Waals surface area (Å²) in [6.45, 7) is 19.9. The maximum absolute atomic E-state index is 14.4. The zero-order valence-corrected chi connectivity index (χ0v) is 33.6. The van der Waals surface area contributed by atoms with Gasteiger partial charge in [0.25, 0.3) is 0 Å². The average molecular weight is 764 g/mol. The van der Waals surface area contributed by atoms with Gasteiger partial charge >= 0.3 is 18.0 Å². The zero-order chi connectivity index (χ0) is 41.1. The van der Waals surface area contributed by atoms with Crippen LogP contribution in [0.2, 0.25) is 0 Å². The Balaban J connectivity index is 1.78. The van der Waals surface area contributed by atoms with Crippen LogP contribution in [-0.2, 0) is 35.1 Å². The molecule has 15 heteroatoms. The number of carbonyl (C=O) groups excluding carboxylic acids is 6. The summed E-state index contributed by atoms with van der Waals surface area (Å²) < 4.78 is 37.7. The summed E-state index contributed by atoms with van der Waals surface area (Å²) in [5.74, 6) is -3.62. The number of nitrogens with zero attached hydrogens (tertiary/aromatic N) is 1. The smallest absolute Gasteiger partial charge is 0.337 e. The van der Waals surface area contributed by atoms with Crippen LogP contribution in [0.3, 0.4) is 0 Å². The molecule has 2 unspecified atom stereocenters. The number of halogens is 2. The third kappa shape index (κ3) is 11.1. The minimum absolute atomic E-state index is 0.0722. The SMILES string of the molecule is COC(=O)c1ccc(CCNC(=O)[C@H](CC(F)F)NC(=O)[C@@H]2C3C(CN2C(=O)[C@@H](NC(=O)N[C@H](C(=O)OC(C)(C)C)C(C)(C)C)C(C)(C)C)C3(C)C)cc1. The lowest BCUT2D eigenvalue weighted by Gasteiger charge is -2.38. The van der Waals surface area contributed by atoms with E-state index in [0.29, 0.717) is 12.0 Å². The number of hydrogen-bond donors (Lipinski definition) is 4. The monoisotopic (exact) mass is 763 g/mol. The van der Waals surface area contributed by atoms with E-state index in [-0.39, 0.29) is 30.3 Å². The van der Waals surface area contributed by atoms with Gasteiger partial charge in [-0.1, -0.05) is 67.5 Å². The number of piperidine rings is 1. The second kappa shape index (κ2) is 16.6. The maximum Gasteiger partial charge on any atom is 0.337 e. The van der Waals surface area contributed by atoms with Gasteiger partial charge in [0.1, 0.15) is 29.8 Å². The van der Waals surface area contributed by atoms with Crippen molar-refractivity contribution >= 4 is 35.7 Å². The molecule has 6 atom stereocenters. The number of esters is 2. The lowest BCUT2D eigenvalue weighted by atomic mass is 9.85. The van der Waals surface area contributed by atoms with Crippen molar-refractivity contribution in [2.75, 3.05) is 20.2 Å². The number of alkyl halides is 2. The number of hydrogen-bond acceptors (Lipinski definition) is 8. The molecule has 0 spiro atoms. The normalized spacial score (nSPS) is 20.9. The van der Waals surface area contributed by atoms with Gasteiger partial charge in [0.05, 0.1) is 12.7 Å². The van der Waals surface area contributed by atoms with Gasteiger partial charge in [0, 0.05) is 19.5 Å². The number of fused-ring (bicyclic) bond motifs is 1. The molecule has 302 valence electrons. The molecule has 1 aliphatic heterocycles. The van der Waals surface area contributed by atoms with Gasteiger partial charge in [0.2, 0.25) is 24.1 Å². The molecule has 5 amide bonds. The third-order valence-electron chi connectivity index (χ3n) is 10.1. The van der Waals surface area contributed by atoms with E-state index in [4.69, 9.17) is 9.47 Å². The van der Waals surface area contributed by atoms with E-state index in [9.17, 15) is 37.5 Å². The number of ether oxygens (including phenoxy) is 2. The molecule has 2 fully saturated rings. The Labute approximate surface area is 317 Å². The maximum atomic E-state index is 14.4. The van der Waals surface area contributed by atoms with Gasteiger partial charge in [-0.15, -0.1) is 0 Å². The molecule has 4 N–H and O–H groups in total. The molecule has 0 radical (unpaired) electrons. The Kier molecular flexibility index (Phi) is 13.6. The van der Waals surface area contributed by atoms with Crippen molar-refractivity contribution in [2.24, 2.45) is 28.1 Å². The number of likely N-dealkylation sites (tertiary alicyclic amines) is 1. The summed E-state index contributed by atoms with van der Waals surface area (Å²) in [6.07, 6.45) is -3.53. The van der Waals surface area contributed by atoms with E-state index in [1.54, 1.807) is 86.6 Å². The van der Waals surface area contributed by atoms with Crippen molar-refractivity contribution < 1.29 is 47.0 Å². The largest absolute Gasteiger partial charge is 0.465 e. The highest BCUT2D eigenvalue weighted by atomic mass is 19.3. The molecule has 54 heavy (non-hydrogen) atoms. The van der Waals surface area contributed by atoms with Crippen LogP contribution in [0.1, 0.15) is 98.5 Å². The number of methoxy groups -OCH3 is 1. The standard InChI is InChI=1S/C39H59F2N5O8/c1-36(2,3)28(44-35(52)45-29(37(4,5)6)34(51)54-38(7,8)9)32(49)46-20-23-26(39(23,10)11)27(46)31(48)43-24(19-25(40)41)30(47)42-18-17-21-13-15-22(16-14-21)33(50)53-12/h13-16,23-29H,17-20H2,1-12H3,(H,42,47)(H,43,48)(H2,44,45,52)/t23?,24-,26?,27-,28+,29+/m0/s1. The quantitative estimate of drug-likeness (QED) is 0.216. The molecule has 3 rings (SSSR count). The van der Waals surface area contributed by atoms with Gasteiger partial charge in [-0.05, 0) is 73.0 Å². The number of amides is 5. The fourth-order valence-electron chi connectivity index (χ4n) is 6.97. The average Bonchev–Trinajstić information content (AvgIpc) is 3.34. The highest BCUT2D eigenvalue weighted by molar-refractivity contribution is 5.96. The summed E-state index contributed by atoms with van der Waals surface area (Å²) in [5.41, 5.74) is -1.63. The summed E-state index contributed by atoms with van der Waals surface area (Å²) in [6, 6.07) is 0.844. The lowest BCUT2D eigenvalue weighted by Crippen LogP contribution is -2.63. The van der Waals surface area contributed by atoms with Gasteiger partial charge in [0.15, 0.2) is 0 Å². The predicted molar refractivity (Wildman–Crippen MR) is 197 cm³/mol. The van der Waals surface area contributed by atoms with E-state index in [1.807, 2.05) is 13.8 Å². The van der Waals surface area contributed by atoms with E-state index >= 15 is 0 Å². The molecule has 1 saturated carbocycles. The Hall–Kier alpha value is -4.30. The van der Waals surface area contributed by atoms with Crippen molar-refractivity contribution in [1.82, 2.24) is 26.2 Å². The van der Waals surface area contributed by atoms with E-state index < -0.39 is 89.1 Å². The molecular weight excluding hydrogens is 704 g/mol. The van der Waals surface area contributed by atoms with Crippen LogP contribution in [-0.4, -0.2) is 97.0 Å². The van der Waals surface area contributed by atoms with Gasteiger partial charge in [-0.2, -0.15) is 0 Å². The fourth-order valence-corrected chi connectivity index (χ4v) is 6.97. The summed E-state index contributed by atoms with van der Waals surface area (Å²) in [7, 11) is 1.27. The third-order valence-corrected chi connectivity index (χ3v) is 10.1. The van der Waals surface area contributed by atoms with Crippen LogP contribution in [0.5, 0.6) is 0 Å². The predicted octanol–water partition coefficient (Wildman–Crippen LogP) is 4.23. The van der Waals surface area contributed by atoms with Crippen LogP contribution >= 0.6 is 0 Å². The second-order valence-corrected chi connectivity index (χ2v) is 18.1. The van der Waals surface area contributed by atoms with Crippen LogP contribution in [0.4, 0.5) is 13.6 Å². The van der Waals surface area contributed by atoms with Crippen LogP contribution in [0.15, 0.2) is 24.3 Å². The fraction of sp³-hybridized carbons (Fsp3) is 0.692. The summed E-state index contributed by atoms with van der Waals surface area (Å²) >= 11 is 0. The minimum Gasteiger partial charge on any atom is -0.465 e. The van der Waals surface area contributed by atoms with Crippen molar-refractivity contribution in [3.63, 3.8) is 0 Å². The molecule has 0 aromatic heterocycles. The second-order valence-electron chi connectivity index (χ2n) is 18.1. The first-order valence-electron chi connectivity index (χ1n) is 18.3. The zero-order valence-electron chi connectivity index (χ0n) is 33.6. The Morgan fingerprint density at radius 3 is 1.93 bits per heavy atom. The first-order chi connectivity index (χ1) is 24.7. The number of rotatable bonds is 13. The van der Waals surface area contributed by atoms with E-state index in [1.165, 1.54) is 12.0 Å². The molecule has 1 heterocycles. The van der Waals surface area contributed by atoms with Crippen LogP contribution < -0.4 is 21.3 Å². The topological polar surface area (TPSA) is 172 Å². The van der Waals surface area contributed by atoms with Crippen molar-refractivity contribution in [3.8, 4) is 0 Å². The molecule has 1 saturated heterocycles. The minimum atomic E-state index is -2.91. The molecular formula is C39H59F2N5O8. The molecule has 0 bridgehead atoms. The highest BCUT2D eigenvalue weighted by Crippen LogP contribution is 2.65. The number of urea groups is 1. The van der Waals surface area contributed by atoms with Gasteiger partial charge in [-0.25, -0.2) is 23.2 Å². The summed E-state index contributed by atoms with van der Waals surface area (Å²) in [5, 5.41) is 10.5. The van der Waals surface area contributed by atoms with Crippen molar-refractivity contribution in [3.05, 3.63) is 35.4 Å². The number of benzene rings is 1. The van der Waals surface area contributed by atoms with Crippen LogP contribution in [0, 0.1) is 28.1 Å². The Morgan fingerprint density at radius 2 is 1.43 bits per heavy atom. The molecule has 13 nitrogen and oxygen atoms in total. The Morgan fingerprint density at radius 1 is 0.870 bits per heavy atom. The van der Waals surface area contributed by atoms with E-state index in [0.717, 1.165) is 5.56 Å². The van der Waals surface area contributed by atoms with Gasteiger partial charge in [-0.3, -0.25) is 14.4 Å². The lowest BCUT2D eigenvalue weighted by molar-refractivity contribution is -0.160. The molecule has 2 aliphatic rings. The number of carbonyl (C=O) groups is 6. The first kappa shape index (κ1) is 44.1. The number of nitrogens with one attached hydrogen (secondary N) is 4. The van der Waals surface area contributed by atoms with E-state index in [2.05, 4.69) is 21.3 Å². The first-order valence-corrected chi connectivity index (χ1v) is 18.3. The molecule has 1 aromatic rings.